The molecule has 19 heavy (non-hydrogen) atoms. The van der Waals surface area contributed by atoms with Crippen molar-refractivity contribution in [1.82, 2.24) is 0 Å². The normalized spacial score (nSPS) is 12.9. The van der Waals surface area contributed by atoms with E-state index in [9.17, 15) is 9.59 Å². The minimum absolute atomic E-state index is 0.178. The van der Waals surface area contributed by atoms with Gasteiger partial charge in [-0.1, -0.05) is 54.6 Å². The van der Waals surface area contributed by atoms with Crippen LogP contribution in [0.5, 0.6) is 0 Å². The van der Waals surface area contributed by atoms with E-state index >= 15 is 0 Å². The van der Waals surface area contributed by atoms with E-state index in [1.54, 1.807) is 42.5 Å². The van der Waals surface area contributed by atoms with Gasteiger partial charge >= 0.3 is 0 Å². The Bertz CT molecular complexity index is 744. The molecule has 2 aromatic rings. The van der Waals surface area contributed by atoms with E-state index in [4.69, 9.17) is 11.6 Å². The number of halogens is 1. The second-order valence-corrected chi connectivity index (χ2v) is 4.70. The molecule has 0 saturated heterocycles. The average Bonchev–Trinajstić information content (AvgIpc) is 2.43. The fraction of sp³-hybridized carbons (Fsp3) is 0. The smallest absolute Gasteiger partial charge is 0.196 e. The Morgan fingerprint density at radius 2 is 1.47 bits per heavy atom. The molecule has 0 radical (unpaired) electrons. The van der Waals surface area contributed by atoms with Gasteiger partial charge in [0.2, 0.25) is 0 Å². The van der Waals surface area contributed by atoms with Gasteiger partial charge in [0.15, 0.2) is 11.6 Å². The molecular formula is C16H9ClO2. The van der Waals surface area contributed by atoms with Gasteiger partial charge in [0.05, 0.1) is 10.6 Å². The van der Waals surface area contributed by atoms with Crippen LogP contribution in [0.1, 0.15) is 37.4 Å². The van der Waals surface area contributed by atoms with Gasteiger partial charge in [0, 0.05) is 16.7 Å². The van der Waals surface area contributed by atoms with Crippen molar-refractivity contribution in [3.63, 3.8) is 0 Å². The summed E-state index contributed by atoms with van der Waals surface area (Å²) in [4.78, 5) is 25.0. The van der Waals surface area contributed by atoms with Crippen LogP contribution in [0.2, 0.25) is 5.02 Å². The summed E-state index contributed by atoms with van der Waals surface area (Å²) in [5.41, 5.74) is 2.13. The van der Waals surface area contributed by atoms with Crippen LogP contribution in [-0.2, 0) is 0 Å². The summed E-state index contributed by atoms with van der Waals surface area (Å²) in [7, 11) is 0. The van der Waals surface area contributed by atoms with E-state index in [0.29, 0.717) is 32.8 Å². The predicted molar refractivity (Wildman–Crippen MR) is 74.9 cm³/mol. The standard InChI is InChI=1S/C16H9ClO2/c1-2-9-5-3-6-10-13(9)15(18)11-7-4-8-12(17)14(11)16(10)19/h2-8H,1H2. The van der Waals surface area contributed by atoms with Gasteiger partial charge in [0.25, 0.3) is 0 Å². The highest BCUT2D eigenvalue weighted by Gasteiger charge is 2.32. The number of ketones is 2. The van der Waals surface area contributed by atoms with Crippen molar-refractivity contribution in [2.24, 2.45) is 0 Å². The minimum Gasteiger partial charge on any atom is -0.289 e. The first-order valence-electron chi connectivity index (χ1n) is 5.78. The third-order valence-corrected chi connectivity index (χ3v) is 3.59. The molecule has 1 aliphatic carbocycles. The lowest BCUT2D eigenvalue weighted by Crippen LogP contribution is -2.22. The van der Waals surface area contributed by atoms with Gasteiger partial charge in [-0.25, -0.2) is 0 Å². The first-order valence-corrected chi connectivity index (χ1v) is 6.16. The van der Waals surface area contributed by atoms with Crippen molar-refractivity contribution in [1.29, 1.82) is 0 Å². The molecule has 0 aromatic heterocycles. The lowest BCUT2D eigenvalue weighted by atomic mass is 9.82. The fourth-order valence-electron chi connectivity index (χ4n) is 2.40. The van der Waals surface area contributed by atoms with E-state index in [1.807, 2.05) is 0 Å². The summed E-state index contributed by atoms with van der Waals surface area (Å²) < 4.78 is 0. The molecule has 0 aliphatic heterocycles. The van der Waals surface area contributed by atoms with E-state index in [2.05, 4.69) is 6.58 Å². The third-order valence-electron chi connectivity index (χ3n) is 3.27. The zero-order chi connectivity index (χ0) is 13.6. The molecule has 2 nitrogen and oxygen atoms in total. The van der Waals surface area contributed by atoms with Gasteiger partial charge < -0.3 is 0 Å². The van der Waals surface area contributed by atoms with Crippen LogP contribution < -0.4 is 0 Å². The van der Waals surface area contributed by atoms with E-state index in [-0.39, 0.29) is 11.6 Å². The van der Waals surface area contributed by atoms with E-state index in [1.165, 1.54) is 0 Å². The number of hydrogen-bond donors (Lipinski definition) is 0. The molecule has 0 unspecified atom stereocenters. The first kappa shape index (κ1) is 11.9. The van der Waals surface area contributed by atoms with Gasteiger partial charge in [-0.3, -0.25) is 9.59 Å². The van der Waals surface area contributed by atoms with Gasteiger partial charge in [-0.15, -0.1) is 0 Å². The predicted octanol–water partition coefficient (Wildman–Crippen LogP) is 3.76. The molecule has 0 fully saturated rings. The number of hydrogen-bond acceptors (Lipinski definition) is 2. The molecule has 0 N–H and O–H groups in total. The molecule has 3 heteroatoms. The number of rotatable bonds is 1. The van der Waals surface area contributed by atoms with Crippen LogP contribution in [-0.4, -0.2) is 11.6 Å². The Hall–Kier alpha value is -2.19. The Balaban J connectivity index is 2.39. The highest BCUT2D eigenvalue weighted by molar-refractivity contribution is 6.39. The van der Waals surface area contributed by atoms with Gasteiger partial charge in [0.1, 0.15) is 0 Å². The summed E-state index contributed by atoms with van der Waals surface area (Å²) in [5, 5.41) is 0.311. The number of carbonyl (C=O) groups is 2. The molecule has 0 spiro atoms. The van der Waals surface area contributed by atoms with Crippen molar-refractivity contribution in [3.8, 4) is 0 Å². The molecule has 0 atom stereocenters. The lowest BCUT2D eigenvalue weighted by Gasteiger charge is -2.19. The molecule has 1 aliphatic rings. The fourth-order valence-corrected chi connectivity index (χ4v) is 2.66. The molecule has 0 saturated carbocycles. The van der Waals surface area contributed by atoms with Crippen molar-refractivity contribution in [3.05, 3.63) is 75.8 Å². The van der Waals surface area contributed by atoms with Crippen molar-refractivity contribution in [2.45, 2.75) is 0 Å². The molecule has 3 rings (SSSR count). The number of benzene rings is 2. The van der Waals surface area contributed by atoms with Crippen molar-refractivity contribution < 1.29 is 9.59 Å². The molecule has 0 heterocycles. The Kier molecular flexibility index (Phi) is 2.61. The number of carbonyl (C=O) groups excluding carboxylic acids is 2. The van der Waals surface area contributed by atoms with Gasteiger partial charge in [-0.05, 0) is 11.6 Å². The highest BCUT2D eigenvalue weighted by Crippen LogP contribution is 2.33. The Labute approximate surface area is 115 Å². The van der Waals surface area contributed by atoms with Crippen molar-refractivity contribution >= 4 is 29.2 Å². The number of fused-ring (bicyclic) bond motifs is 2. The molecule has 2 aromatic carbocycles. The largest absolute Gasteiger partial charge is 0.289 e. The summed E-state index contributed by atoms with van der Waals surface area (Å²) >= 11 is 6.05. The van der Waals surface area contributed by atoms with Crippen LogP contribution in [0.4, 0.5) is 0 Å². The third kappa shape index (κ3) is 1.57. The van der Waals surface area contributed by atoms with E-state index < -0.39 is 0 Å². The SMILES string of the molecule is C=Cc1cccc2c1C(=O)c1cccc(Cl)c1C2=O. The van der Waals surface area contributed by atoms with Crippen LogP contribution in [0.15, 0.2) is 43.0 Å². The topological polar surface area (TPSA) is 34.1 Å². The van der Waals surface area contributed by atoms with Crippen LogP contribution >= 0.6 is 11.6 Å². The lowest BCUT2D eigenvalue weighted by molar-refractivity contribution is 0.0979. The second-order valence-electron chi connectivity index (χ2n) is 4.29. The van der Waals surface area contributed by atoms with Crippen molar-refractivity contribution in [2.75, 3.05) is 0 Å². The minimum atomic E-state index is -0.209. The van der Waals surface area contributed by atoms with Crippen LogP contribution in [0.3, 0.4) is 0 Å². The summed E-state index contributed by atoms with van der Waals surface area (Å²) in [6.45, 7) is 3.68. The van der Waals surface area contributed by atoms with Gasteiger partial charge in [-0.2, -0.15) is 0 Å². The Morgan fingerprint density at radius 1 is 0.895 bits per heavy atom. The van der Waals surface area contributed by atoms with Crippen LogP contribution in [0.25, 0.3) is 6.08 Å². The second kappa shape index (κ2) is 4.18. The first-order chi connectivity index (χ1) is 9.15. The highest BCUT2D eigenvalue weighted by atomic mass is 35.5. The summed E-state index contributed by atoms with van der Waals surface area (Å²) in [6, 6.07) is 10.1. The summed E-state index contributed by atoms with van der Waals surface area (Å²) in [5.74, 6) is -0.387. The summed E-state index contributed by atoms with van der Waals surface area (Å²) in [6.07, 6.45) is 1.58. The average molecular weight is 269 g/mol. The zero-order valence-electron chi connectivity index (χ0n) is 9.94. The molecule has 0 amide bonds. The maximum Gasteiger partial charge on any atom is 0.196 e. The Morgan fingerprint density at radius 3 is 2.16 bits per heavy atom. The monoisotopic (exact) mass is 268 g/mol. The molecular weight excluding hydrogens is 260 g/mol. The quantitative estimate of drug-likeness (QED) is 0.673. The molecule has 92 valence electrons. The zero-order valence-corrected chi connectivity index (χ0v) is 10.7. The maximum absolute atomic E-state index is 12.5. The van der Waals surface area contributed by atoms with E-state index in [0.717, 1.165) is 0 Å². The molecule has 0 bridgehead atoms. The van der Waals surface area contributed by atoms with Crippen LogP contribution in [0, 0.1) is 0 Å². The maximum atomic E-state index is 12.5.